The van der Waals surface area contributed by atoms with Crippen LogP contribution in [0.4, 0.5) is 0 Å². The molecule has 1 aromatic rings. The van der Waals surface area contributed by atoms with E-state index in [1.54, 1.807) is 12.1 Å². The lowest BCUT2D eigenvalue weighted by Crippen LogP contribution is -2.45. The van der Waals surface area contributed by atoms with Gasteiger partial charge in [0.25, 0.3) is 0 Å². The maximum absolute atomic E-state index is 12.0. The molecule has 5 nitrogen and oxygen atoms in total. The molecule has 0 radical (unpaired) electrons. The summed E-state index contributed by atoms with van der Waals surface area (Å²) in [6, 6.07) is 6.95. The minimum absolute atomic E-state index is 0.298. The summed E-state index contributed by atoms with van der Waals surface area (Å²) in [6.07, 6.45) is -0.999. The molecule has 0 saturated carbocycles. The number of likely N-dealkylation sites (N-methyl/N-ethyl adjacent to an activating group) is 1. The van der Waals surface area contributed by atoms with Gasteiger partial charge in [0.15, 0.2) is 6.10 Å². The summed E-state index contributed by atoms with van der Waals surface area (Å²) in [5.74, 6) is -1.73. The summed E-state index contributed by atoms with van der Waals surface area (Å²) >= 11 is 0. The Hall–Kier alpha value is -1.88. The third-order valence-electron chi connectivity index (χ3n) is 2.71. The van der Waals surface area contributed by atoms with Gasteiger partial charge in [-0.1, -0.05) is 17.7 Å². The molecule has 0 spiro atoms. The van der Waals surface area contributed by atoms with E-state index in [1.165, 1.54) is 0 Å². The van der Waals surface area contributed by atoms with Crippen molar-refractivity contribution in [1.82, 2.24) is 0 Å². The minimum Gasteiger partial charge on any atom is -0.550 e. The summed E-state index contributed by atoms with van der Waals surface area (Å²) in [5, 5.41) is 10.7. The number of carbonyl (C=O) groups is 2. The summed E-state index contributed by atoms with van der Waals surface area (Å²) in [6.45, 7) is 2.33. The van der Waals surface area contributed by atoms with E-state index in [0.29, 0.717) is 16.6 Å². The molecule has 0 saturated heterocycles. The highest BCUT2D eigenvalue weighted by Crippen LogP contribution is 2.10. The zero-order chi connectivity index (χ0) is 15.3. The monoisotopic (exact) mass is 279 g/mol. The molecule has 1 unspecified atom stereocenters. The van der Waals surface area contributed by atoms with Crippen molar-refractivity contribution in [2.24, 2.45) is 0 Å². The number of carboxylic acid groups (broad SMARTS) is 1. The van der Waals surface area contributed by atoms with Crippen molar-refractivity contribution < 1.29 is 23.9 Å². The van der Waals surface area contributed by atoms with Crippen molar-refractivity contribution in [1.29, 1.82) is 0 Å². The van der Waals surface area contributed by atoms with Crippen molar-refractivity contribution >= 4 is 11.9 Å². The van der Waals surface area contributed by atoms with Gasteiger partial charge < -0.3 is 19.1 Å². The van der Waals surface area contributed by atoms with Gasteiger partial charge in [-0.25, -0.2) is 4.79 Å². The molecule has 110 valence electrons. The third-order valence-corrected chi connectivity index (χ3v) is 2.71. The zero-order valence-electron chi connectivity index (χ0n) is 12.4. The average Bonchev–Trinajstić information content (AvgIpc) is 2.26. The first-order chi connectivity index (χ1) is 9.17. The Labute approximate surface area is 119 Å². The number of hydrogen-bond acceptors (Lipinski definition) is 4. The number of esters is 1. The van der Waals surface area contributed by atoms with E-state index < -0.39 is 18.0 Å². The summed E-state index contributed by atoms with van der Waals surface area (Å²) in [7, 11) is 5.71. The quantitative estimate of drug-likeness (QED) is 0.557. The number of aryl methyl sites for hydroxylation is 1. The lowest BCUT2D eigenvalue weighted by atomic mass is 10.1. The van der Waals surface area contributed by atoms with Gasteiger partial charge in [-0.15, -0.1) is 0 Å². The molecule has 0 aliphatic heterocycles. The standard InChI is InChI=1S/C15H21NO4/c1-11-5-7-12(8-6-11)15(19)20-13(9-14(17)18)10-16(2,3)4/h5-8,13H,9-10H2,1-4H3. The Kier molecular flexibility index (Phi) is 5.27. The predicted octanol–water partition coefficient (Wildman–Crippen LogP) is 0.367. The van der Waals surface area contributed by atoms with Gasteiger partial charge in [0.05, 0.1) is 26.7 Å². The van der Waals surface area contributed by atoms with Gasteiger partial charge in [-0.2, -0.15) is 0 Å². The van der Waals surface area contributed by atoms with Gasteiger partial charge in [-0.3, -0.25) is 0 Å². The van der Waals surface area contributed by atoms with Crippen LogP contribution in [0, 0.1) is 6.92 Å². The number of carboxylic acids is 1. The molecule has 0 bridgehead atoms. The summed E-state index contributed by atoms with van der Waals surface area (Å²) in [5.41, 5.74) is 1.46. The number of ether oxygens (including phenoxy) is 1. The van der Waals surface area contributed by atoms with Crippen LogP contribution in [0.2, 0.25) is 0 Å². The van der Waals surface area contributed by atoms with Crippen molar-refractivity contribution in [3.63, 3.8) is 0 Å². The maximum Gasteiger partial charge on any atom is 0.338 e. The van der Waals surface area contributed by atoms with Gasteiger partial charge in [0.2, 0.25) is 0 Å². The molecule has 1 atom stereocenters. The molecule has 5 heteroatoms. The van der Waals surface area contributed by atoms with Crippen LogP contribution in [-0.2, 0) is 9.53 Å². The molecule has 0 heterocycles. The van der Waals surface area contributed by atoms with Crippen molar-refractivity contribution in [2.45, 2.75) is 19.4 Å². The molecular formula is C15H21NO4. The molecule has 1 aromatic carbocycles. The SMILES string of the molecule is Cc1ccc(C(=O)OC(CC(=O)[O-])C[N+](C)(C)C)cc1. The van der Waals surface area contributed by atoms with Crippen molar-refractivity contribution in [2.75, 3.05) is 27.7 Å². The molecule has 1 rings (SSSR count). The summed E-state index contributed by atoms with van der Waals surface area (Å²) in [4.78, 5) is 22.7. The third kappa shape index (κ3) is 5.84. The first kappa shape index (κ1) is 16.2. The van der Waals surface area contributed by atoms with Crippen LogP contribution in [0.3, 0.4) is 0 Å². The highest BCUT2D eigenvalue weighted by Gasteiger charge is 2.23. The molecular weight excluding hydrogens is 258 g/mol. The van der Waals surface area contributed by atoms with Gasteiger partial charge in [0, 0.05) is 12.4 Å². The lowest BCUT2D eigenvalue weighted by molar-refractivity contribution is -0.873. The van der Waals surface area contributed by atoms with E-state index in [9.17, 15) is 14.7 Å². The Morgan fingerprint density at radius 1 is 1.20 bits per heavy atom. The Balaban J connectivity index is 2.75. The normalized spacial score (nSPS) is 12.8. The smallest absolute Gasteiger partial charge is 0.338 e. The second kappa shape index (κ2) is 6.52. The second-order valence-electron chi connectivity index (χ2n) is 5.94. The molecule has 0 aliphatic rings. The minimum atomic E-state index is -1.22. The Morgan fingerprint density at radius 3 is 2.20 bits per heavy atom. The lowest BCUT2D eigenvalue weighted by Gasteiger charge is -2.29. The fraction of sp³-hybridized carbons (Fsp3) is 0.467. The van der Waals surface area contributed by atoms with Crippen LogP contribution in [-0.4, -0.2) is 50.2 Å². The Bertz CT molecular complexity index is 474. The number of rotatable bonds is 6. The van der Waals surface area contributed by atoms with Crippen LogP contribution in [0.1, 0.15) is 22.3 Å². The molecule has 20 heavy (non-hydrogen) atoms. The first-order valence-corrected chi connectivity index (χ1v) is 6.45. The fourth-order valence-electron chi connectivity index (χ4n) is 1.85. The van der Waals surface area contributed by atoms with Crippen LogP contribution in [0.5, 0.6) is 0 Å². The van der Waals surface area contributed by atoms with Gasteiger partial charge >= 0.3 is 5.97 Å². The number of aliphatic carboxylic acids is 1. The average molecular weight is 279 g/mol. The number of hydrogen-bond donors (Lipinski definition) is 0. The van der Waals surface area contributed by atoms with Crippen LogP contribution in [0.25, 0.3) is 0 Å². The molecule has 0 fully saturated rings. The van der Waals surface area contributed by atoms with E-state index in [1.807, 2.05) is 40.2 Å². The topological polar surface area (TPSA) is 66.4 Å². The number of benzene rings is 1. The predicted molar refractivity (Wildman–Crippen MR) is 72.9 cm³/mol. The zero-order valence-corrected chi connectivity index (χ0v) is 12.4. The second-order valence-corrected chi connectivity index (χ2v) is 5.94. The van der Waals surface area contributed by atoms with E-state index in [4.69, 9.17) is 4.74 Å². The fourth-order valence-corrected chi connectivity index (χ4v) is 1.85. The first-order valence-electron chi connectivity index (χ1n) is 6.45. The molecule has 0 amide bonds. The van der Waals surface area contributed by atoms with Gasteiger partial charge in [-0.05, 0) is 19.1 Å². The van der Waals surface area contributed by atoms with E-state index in [0.717, 1.165) is 5.56 Å². The van der Waals surface area contributed by atoms with Crippen molar-refractivity contribution in [3.8, 4) is 0 Å². The maximum atomic E-state index is 12.0. The largest absolute Gasteiger partial charge is 0.550 e. The number of carbonyl (C=O) groups excluding carboxylic acids is 2. The number of nitrogens with zero attached hydrogens (tertiary/aromatic N) is 1. The van der Waals surface area contributed by atoms with Crippen LogP contribution in [0.15, 0.2) is 24.3 Å². The number of quaternary nitrogens is 1. The summed E-state index contributed by atoms with van der Waals surface area (Å²) < 4.78 is 5.79. The molecule has 0 N–H and O–H groups in total. The van der Waals surface area contributed by atoms with Gasteiger partial charge in [0.1, 0.15) is 6.54 Å². The Morgan fingerprint density at radius 2 is 1.75 bits per heavy atom. The molecule has 0 aliphatic carbocycles. The highest BCUT2D eigenvalue weighted by molar-refractivity contribution is 5.89. The van der Waals surface area contributed by atoms with Crippen molar-refractivity contribution in [3.05, 3.63) is 35.4 Å². The molecule has 0 aromatic heterocycles. The highest BCUT2D eigenvalue weighted by atomic mass is 16.5. The van der Waals surface area contributed by atoms with Crippen LogP contribution >= 0.6 is 0 Å². The van der Waals surface area contributed by atoms with E-state index in [-0.39, 0.29) is 6.42 Å². The van der Waals surface area contributed by atoms with Crippen LogP contribution < -0.4 is 5.11 Å². The van der Waals surface area contributed by atoms with E-state index >= 15 is 0 Å². The van der Waals surface area contributed by atoms with E-state index in [2.05, 4.69) is 0 Å².